The number of hydrogen-bond donors (Lipinski definition) is 3. The third-order valence-electron chi connectivity index (χ3n) is 9.20. The van der Waals surface area contributed by atoms with Gasteiger partial charge in [-0.3, -0.25) is 9.59 Å². The van der Waals surface area contributed by atoms with Gasteiger partial charge in [-0.25, -0.2) is 9.18 Å². The summed E-state index contributed by atoms with van der Waals surface area (Å²) in [7, 11) is 1.84. The van der Waals surface area contributed by atoms with Crippen LogP contribution in [-0.2, 0) is 9.53 Å². The third kappa shape index (κ3) is 10.4. The number of nitrogens with one attached hydrogen (secondary N) is 2. The Labute approximate surface area is 278 Å². The molecule has 11 heteroatoms. The van der Waals surface area contributed by atoms with Gasteiger partial charge >= 0.3 is 6.03 Å². The maximum absolute atomic E-state index is 14.3. The third-order valence-corrected chi connectivity index (χ3v) is 9.20. The molecule has 0 radical (unpaired) electrons. The quantitative estimate of drug-likeness (QED) is 0.322. The van der Waals surface area contributed by atoms with Gasteiger partial charge in [-0.2, -0.15) is 0 Å². The summed E-state index contributed by atoms with van der Waals surface area (Å²) in [6.07, 6.45) is 7.11. The van der Waals surface area contributed by atoms with Gasteiger partial charge in [0, 0.05) is 50.0 Å². The number of amides is 4. The predicted molar refractivity (Wildman–Crippen MR) is 180 cm³/mol. The second-order valence-electron chi connectivity index (χ2n) is 13.2. The number of likely N-dealkylation sites (N-methyl/N-ethyl adjacent to an activating group) is 1. The summed E-state index contributed by atoms with van der Waals surface area (Å²) in [6.45, 7) is 6.71. The lowest BCUT2D eigenvalue weighted by Gasteiger charge is -2.36. The van der Waals surface area contributed by atoms with Crippen molar-refractivity contribution in [3.63, 3.8) is 0 Å². The van der Waals surface area contributed by atoms with Crippen molar-refractivity contribution in [2.45, 2.75) is 90.4 Å². The highest BCUT2D eigenvalue weighted by atomic mass is 19.1. The summed E-state index contributed by atoms with van der Waals surface area (Å²) < 4.78 is 26.0. The Morgan fingerprint density at radius 3 is 2.36 bits per heavy atom. The van der Waals surface area contributed by atoms with Crippen LogP contribution in [0.25, 0.3) is 0 Å². The molecule has 0 spiro atoms. The summed E-state index contributed by atoms with van der Waals surface area (Å²) in [6, 6.07) is 9.23. The highest BCUT2D eigenvalue weighted by Crippen LogP contribution is 2.29. The van der Waals surface area contributed by atoms with Crippen molar-refractivity contribution in [3.8, 4) is 5.75 Å². The van der Waals surface area contributed by atoms with Gasteiger partial charge < -0.3 is 35.0 Å². The van der Waals surface area contributed by atoms with Crippen molar-refractivity contribution < 1.29 is 33.4 Å². The van der Waals surface area contributed by atoms with Crippen molar-refractivity contribution in [1.29, 1.82) is 0 Å². The second kappa shape index (κ2) is 17.5. The van der Waals surface area contributed by atoms with Crippen LogP contribution in [-0.4, -0.2) is 84.4 Å². The number of carbonyl (C=O) groups is 3. The molecular weight excluding hydrogens is 603 g/mol. The Bertz CT molecular complexity index is 1340. The summed E-state index contributed by atoms with van der Waals surface area (Å²) >= 11 is 0. The number of anilines is 2. The zero-order valence-corrected chi connectivity index (χ0v) is 28.2. The van der Waals surface area contributed by atoms with Crippen molar-refractivity contribution in [2.75, 3.05) is 44.0 Å². The summed E-state index contributed by atoms with van der Waals surface area (Å²) in [4.78, 5) is 43.8. The first-order chi connectivity index (χ1) is 22.5. The monoisotopic (exact) mass is 654 g/mol. The molecule has 258 valence electrons. The molecule has 2 aromatic rings. The van der Waals surface area contributed by atoms with E-state index in [1.54, 1.807) is 34.9 Å². The van der Waals surface area contributed by atoms with Gasteiger partial charge in [0.2, 0.25) is 5.91 Å². The van der Waals surface area contributed by atoms with Gasteiger partial charge in [-0.15, -0.1) is 0 Å². The standard InChI is InChI=1S/C36H51FN4O6/c1-24-21-41(25(2)23-42)35(44)31-20-30(39-36(45)38-29-15-13-28(37)14-16-29)17-18-32(31)47-26(3)10-8-9-19-46-33(24)22-40(4)34(43)27-11-6-5-7-12-27/h13-18,20,24-27,33,42H,5-12,19,21-23H2,1-4H3,(H2,38,39,45)/t24-,25+,26-,33-/m1/s1. The number of aliphatic hydroxyl groups excluding tert-OH is 1. The normalized spacial score (nSPS) is 22.3. The van der Waals surface area contributed by atoms with Gasteiger partial charge in [0.1, 0.15) is 11.6 Å². The van der Waals surface area contributed by atoms with E-state index in [0.29, 0.717) is 30.3 Å². The minimum absolute atomic E-state index is 0.0496. The first kappa shape index (κ1) is 36.1. The Morgan fingerprint density at radius 2 is 1.66 bits per heavy atom. The molecule has 2 aromatic carbocycles. The van der Waals surface area contributed by atoms with Crippen LogP contribution in [0.5, 0.6) is 5.75 Å². The number of ether oxygens (including phenoxy) is 2. The number of urea groups is 1. The van der Waals surface area contributed by atoms with Gasteiger partial charge in [-0.1, -0.05) is 26.2 Å². The first-order valence-electron chi connectivity index (χ1n) is 17.0. The number of fused-ring (bicyclic) bond motifs is 1. The zero-order valence-electron chi connectivity index (χ0n) is 28.2. The molecule has 1 aliphatic carbocycles. The molecule has 3 N–H and O–H groups in total. The molecular formula is C36H51FN4O6. The molecule has 0 bridgehead atoms. The van der Waals surface area contributed by atoms with Gasteiger partial charge in [0.05, 0.1) is 30.4 Å². The molecule has 0 unspecified atom stereocenters. The number of nitrogens with zero attached hydrogens (tertiary/aromatic N) is 2. The lowest BCUT2D eigenvalue weighted by Crippen LogP contribution is -2.48. The molecule has 10 nitrogen and oxygen atoms in total. The first-order valence-corrected chi connectivity index (χ1v) is 17.0. The SMILES string of the molecule is C[C@@H]1CCCCO[C@H](CN(C)C(=O)C2CCCCC2)[C@H](C)CN([C@@H](C)CO)C(=O)c2cc(NC(=O)Nc3ccc(F)cc3)ccc2O1. The lowest BCUT2D eigenvalue weighted by atomic mass is 9.88. The van der Waals surface area contributed by atoms with E-state index in [2.05, 4.69) is 10.6 Å². The molecule has 1 saturated carbocycles. The van der Waals surface area contributed by atoms with Crippen LogP contribution in [0.1, 0.15) is 82.5 Å². The topological polar surface area (TPSA) is 120 Å². The number of benzene rings is 2. The van der Waals surface area contributed by atoms with Crippen LogP contribution < -0.4 is 15.4 Å². The lowest BCUT2D eigenvalue weighted by molar-refractivity contribution is -0.137. The van der Waals surface area contributed by atoms with Crippen molar-refractivity contribution in [3.05, 3.63) is 53.8 Å². The summed E-state index contributed by atoms with van der Waals surface area (Å²) in [5.74, 6) is -0.344. The predicted octanol–water partition coefficient (Wildman–Crippen LogP) is 6.30. The van der Waals surface area contributed by atoms with Gasteiger partial charge in [0.25, 0.3) is 5.91 Å². The van der Waals surface area contributed by atoms with Gasteiger partial charge in [-0.05, 0) is 88.4 Å². The van der Waals surface area contributed by atoms with Crippen LogP contribution in [0.3, 0.4) is 0 Å². The molecule has 4 rings (SSSR count). The minimum atomic E-state index is -0.555. The summed E-state index contributed by atoms with van der Waals surface area (Å²) in [5, 5.41) is 15.6. The van der Waals surface area contributed by atoms with Crippen molar-refractivity contribution in [1.82, 2.24) is 9.80 Å². The fourth-order valence-electron chi connectivity index (χ4n) is 6.31. The van der Waals surface area contributed by atoms with Crippen LogP contribution >= 0.6 is 0 Å². The average molecular weight is 655 g/mol. The van der Waals surface area contributed by atoms with Crippen LogP contribution in [0.4, 0.5) is 20.6 Å². The molecule has 1 aliphatic heterocycles. The Hall–Kier alpha value is -3.70. The number of carbonyl (C=O) groups excluding carboxylic acids is 3. The fraction of sp³-hybridized carbons (Fsp3) is 0.583. The Morgan fingerprint density at radius 1 is 1.00 bits per heavy atom. The van der Waals surface area contributed by atoms with E-state index < -0.39 is 17.9 Å². The second-order valence-corrected chi connectivity index (χ2v) is 13.2. The van der Waals surface area contributed by atoms with Gasteiger partial charge in [0.15, 0.2) is 0 Å². The molecule has 1 fully saturated rings. The molecule has 4 amide bonds. The van der Waals surface area contributed by atoms with E-state index in [1.807, 2.05) is 20.9 Å². The maximum Gasteiger partial charge on any atom is 0.323 e. The minimum Gasteiger partial charge on any atom is -0.490 e. The fourth-order valence-corrected chi connectivity index (χ4v) is 6.31. The highest BCUT2D eigenvalue weighted by molar-refractivity contribution is 6.02. The molecule has 2 aliphatic rings. The molecule has 1 heterocycles. The zero-order chi connectivity index (χ0) is 33.9. The van der Waals surface area contributed by atoms with Crippen LogP contribution in [0, 0.1) is 17.7 Å². The van der Waals surface area contributed by atoms with E-state index in [1.165, 1.54) is 30.7 Å². The van der Waals surface area contributed by atoms with E-state index in [4.69, 9.17) is 9.47 Å². The maximum atomic E-state index is 14.3. The van der Waals surface area contributed by atoms with E-state index in [-0.39, 0.29) is 54.6 Å². The number of rotatable bonds is 7. The molecule has 47 heavy (non-hydrogen) atoms. The Kier molecular flexibility index (Phi) is 13.4. The Balaban J connectivity index is 1.58. The number of hydrogen-bond acceptors (Lipinski definition) is 6. The number of halogens is 1. The average Bonchev–Trinajstić information content (AvgIpc) is 3.07. The molecule has 0 saturated heterocycles. The largest absolute Gasteiger partial charge is 0.490 e. The van der Waals surface area contributed by atoms with Crippen molar-refractivity contribution >= 4 is 29.2 Å². The highest BCUT2D eigenvalue weighted by Gasteiger charge is 2.32. The van der Waals surface area contributed by atoms with E-state index >= 15 is 0 Å². The van der Waals surface area contributed by atoms with Crippen LogP contribution in [0.15, 0.2) is 42.5 Å². The van der Waals surface area contributed by atoms with E-state index in [9.17, 15) is 23.9 Å². The molecule has 4 atom stereocenters. The molecule has 0 aromatic heterocycles. The smallest absolute Gasteiger partial charge is 0.323 e. The van der Waals surface area contributed by atoms with Crippen molar-refractivity contribution in [2.24, 2.45) is 11.8 Å². The summed E-state index contributed by atoms with van der Waals surface area (Å²) in [5.41, 5.74) is 1.03. The van der Waals surface area contributed by atoms with Crippen LogP contribution in [0.2, 0.25) is 0 Å². The van der Waals surface area contributed by atoms with E-state index in [0.717, 1.165) is 44.9 Å². The number of aliphatic hydroxyl groups is 1.